The van der Waals surface area contributed by atoms with E-state index in [0.29, 0.717) is 24.0 Å². The standard InChI is InChI=1S/C18H26N4O3S2/c1-3-10-21(11-4-2)18(23)14-7-6-12-22(13-14)27(24,25)16-9-5-8-15-17(16)20-26-19-15/h5,8-9,14H,3-4,6-7,10-13H2,1-2H3/t14-/m0/s1. The molecule has 3 rings (SSSR count). The first-order valence-corrected chi connectivity index (χ1v) is 11.7. The molecule has 1 saturated heterocycles. The van der Waals surface area contributed by atoms with Crippen molar-refractivity contribution in [2.75, 3.05) is 26.2 Å². The molecule has 2 heterocycles. The number of fused-ring (bicyclic) bond motifs is 1. The van der Waals surface area contributed by atoms with Crippen molar-refractivity contribution in [3.63, 3.8) is 0 Å². The predicted octanol–water partition coefficient (Wildman–Crippen LogP) is 2.74. The summed E-state index contributed by atoms with van der Waals surface area (Å²) in [5.74, 6) is -0.202. The van der Waals surface area contributed by atoms with E-state index in [2.05, 4.69) is 22.6 Å². The third-order valence-electron chi connectivity index (χ3n) is 4.90. The van der Waals surface area contributed by atoms with Gasteiger partial charge in [0.1, 0.15) is 15.9 Å². The maximum absolute atomic E-state index is 13.2. The van der Waals surface area contributed by atoms with E-state index in [-0.39, 0.29) is 23.3 Å². The van der Waals surface area contributed by atoms with Crippen LogP contribution in [0.5, 0.6) is 0 Å². The molecular formula is C18H26N4O3S2. The highest BCUT2D eigenvalue weighted by Gasteiger charge is 2.35. The van der Waals surface area contributed by atoms with Crippen LogP contribution in [0.25, 0.3) is 11.0 Å². The fraction of sp³-hybridized carbons (Fsp3) is 0.611. The summed E-state index contributed by atoms with van der Waals surface area (Å²) in [6.07, 6.45) is 3.23. The Labute approximate surface area is 164 Å². The van der Waals surface area contributed by atoms with Gasteiger partial charge in [-0.15, -0.1) is 0 Å². The highest BCUT2D eigenvalue weighted by atomic mass is 32.2. The number of carbonyl (C=O) groups is 1. The summed E-state index contributed by atoms with van der Waals surface area (Å²) in [4.78, 5) is 15.0. The first-order chi connectivity index (χ1) is 13.0. The molecule has 1 aromatic heterocycles. The van der Waals surface area contributed by atoms with Crippen LogP contribution in [0.2, 0.25) is 0 Å². The lowest BCUT2D eigenvalue weighted by Gasteiger charge is -2.34. The van der Waals surface area contributed by atoms with Crippen LogP contribution in [0.4, 0.5) is 0 Å². The summed E-state index contributed by atoms with van der Waals surface area (Å²) in [7, 11) is -3.71. The summed E-state index contributed by atoms with van der Waals surface area (Å²) in [6, 6.07) is 5.02. The Morgan fingerprint density at radius 1 is 1.26 bits per heavy atom. The molecule has 1 amide bonds. The van der Waals surface area contributed by atoms with Crippen molar-refractivity contribution in [3.8, 4) is 0 Å². The number of hydrogen-bond acceptors (Lipinski definition) is 6. The lowest BCUT2D eigenvalue weighted by molar-refractivity contribution is -0.136. The minimum Gasteiger partial charge on any atom is -0.342 e. The Balaban J connectivity index is 1.83. The van der Waals surface area contributed by atoms with Crippen molar-refractivity contribution in [1.29, 1.82) is 0 Å². The number of carbonyl (C=O) groups excluding carboxylic acids is 1. The Morgan fingerprint density at radius 3 is 2.70 bits per heavy atom. The van der Waals surface area contributed by atoms with Gasteiger partial charge < -0.3 is 4.90 Å². The molecule has 27 heavy (non-hydrogen) atoms. The van der Waals surface area contributed by atoms with Gasteiger partial charge in [0.15, 0.2) is 0 Å². The summed E-state index contributed by atoms with van der Waals surface area (Å²) in [5.41, 5.74) is 0.998. The number of hydrogen-bond donors (Lipinski definition) is 0. The number of amides is 1. The van der Waals surface area contributed by atoms with Crippen LogP contribution in [0.3, 0.4) is 0 Å². The number of nitrogens with zero attached hydrogens (tertiary/aromatic N) is 4. The van der Waals surface area contributed by atoms with Crippen LogP contribution < -0.4 is 0 Å². The second-order valence-electron chi connectivity index (χ2n) is 6.92. The summed E-state index contributed by atoms with van der Waals surface area (Å²) in [6.45, 7) is 6.21. The van der Waals surface area contributed by atoms with Gasteiger partial charge in [0.25, 0.3) is 0 Å². The molecule has 148 valence electrons. The van der Waals surface area contributed by atoms with Gasteiger partial charge in [0, 0.05) is 26.2 Å². The van der Waals surface area contributed by atoms with E-state index in [9.17, 15) is 13.2 Å². The molecule has 0 unspecified atom stereocenters. The normalized spacial score (nSPS) is 18.7. The molecule has 1 atom stereocenters. The van der Waals surface area contributed by atoms with E-state index >= 15 is 0 Å². The van der Waals surface area contributed by atoms with Crippen LogP contribution in [0.1, 0.15) is 39.5 Å². The van der Waals surface area contributed by atoms with Gasteiger partial charge in [-0.25, -0.2) is 8.42 Å². The van der Waals surface area contributed by atoms with Gasteiger partial charge in [-0.1, -0.05) is 19.9 Å². The maximum atomic E-state index is 13.2. The van der Waals surface area contributed by atoms with Crippen LogP contribution in [0.15, 0.2) is 23.1 Å². The molecule has 1 fully saturated rings. The van der Waals surface area contributed by atoms with Crippen LogP contribution in [-0.4, -0.2) is 58.5 Å². The first kappa shape index (κ1) is 20.2. The second-order valence-corrected chi connectivity index (χ2v) is 9.35. The summed E-state index contributed by atoms with van der Waals surface area (Å²) in [5, 5.41) is 0. The van der Waals surface area contributed by atoms with Crippen molar-refractivity contribution in [3.05, 3.63) is 18.2 Å². The van der Waals surface area contributed by atoms with Gasteiger partial charge >= 0.3 is 0 Å². The van der Waals surface area contributed by atoms with Crippen molar-refractivity contribution >= 4 is 38.7 Å². The zero-order chi connectivity index (χ0) is 19.4. The topological polar surface area (TPSA) is 83.5 Å². The molecule has 0 bridgehead atoms. The molecule has 1 aromatic carbocycles. The van der Waals surface area contributed by atoms with Gasteiger partial charge in [0.05, 0.1) is 17.6 Å². The van der Waals surface area contributed by atoms with Gasteiger partial charge in [-0.3, -0.25) is 4.79 Å². The molecular weight excluding hydrogens is 384 g/mol. The number of sulfonamides is 1. The van der Waals surface area contributed by atoms with Crippen LogP contribution >= 0.6 is 11.7 Å². The molecule has 1 aliphatic rings. The zero-order valence-corrected chi connectivity index (χ0v) is 17.4. The van der Waals surface area contributed by atoms with Crippen molar-refractivity contribution < 1.29 is 13.2 Å². The molecule has 0 spiro atoms. The van der Waals surface area contributed by atoms with E-state index in [0.717, 1.165) is 44.1 Å². The highest BCUT2D eigenvalue weighted by molar-refractivity contribution is 7.89. The number of piperidine rings is 1. The average Bonchev–Trinajstić information content (AvgIpc) is 3.16. The van der Waals surface area contributed by atoms with Gasteiger partial charge in [-0.05, 0) is 37.8 Å². The largest absolute Gasteiger partial charge is 0.342 e. The second kappa shape index (κ2) is 8.62. The van der Waals surface area contributed by atoms with E-state index in [1.807, 2.05) is 4.90 Å². The quantitative estimate of drug-likeness (QED) is 0.701. The number of aromatic nitrogens is 2. The summed E-state index contributed by atoms with van der Waals surface area (Å²) < 4.78 is 36.2. The monoisotopic (exact) mass is 410 g/mol. The lowest BCUT2D eigenvalue weighted by atomic mass is 9.98. The smallest absolute Gasteiger partial charge is 0.245 e. The van der Waals surface area contributed by atoms with Crippen LogP contribution in [-0.2, 0) is 14.8 Å². The molecule has 2 aromatic rings. The molecule has 0 N–H and O–H groups in total. The summed E-state index contributed by atoms with van der Waals surface area (Å²) >= 11 is 1.01. The molecule has 7 nitrogen and oxygen atoms in total. The van der Waals surface area contributed by atoms with Crippen molar-refractivity contribution in [1.82, 2.24) is 18.0 Å². The number of rotatable bonds is 7. The first-order valence-electron chi connectivity index (χ1n) is 9.49. The zero-order valence-electron chi connectivity index (χ0n) is 15.8. The molecule has 0 radical (unpaired) electrons. The third-order valence-corrected chi connectivity index (χ3v) is 7.34. The Kier molecular flexibility index (Phi) is 6.44. The molecule has 0 saturated carbocycles. The lowest BCUT2D eigenvalue weighted by Crippen LogP contribution is -2.47. The SMILES string of the molecule is CCCN(CCC)C(=O)[C@H]1CCCN(S(=O)(=O)c2cccc3nsnc23)C1. The maximum Gasteiger partial charge on any atom is 0.245 e. The van der Waals surface area contributed by atoms with Crippen LogP contribution in [0, 0.1) is 5.92 Å². The molecule has 0 aliphatic carbocycles. The Hall–Kier alpha value is -1.58. The Bertz CT molecular complexity index is 891. The fourth-order valence-corrected chi connectivity index (χ4v) is 5.90. The van der Waals surface area contributed by atoms with Gasteiger partial charge in [0.2, 0.25) is 15.9 Å². The fourth-order valence-electron chi connectivity index (χ4n) is 3.62. The Morgan fingerprint density at radius 2 is 2.00 bits per heavy atom. The predicted molar refractivity (Wildman–Crippen MR) is 106 cm³/mol. The van der Waals surface area contributed by atoms with Crippen molar-refractivity contribution in [2.45, 2.75) is 44.4 Å². The minimum atomic E-state index is -3.71. The molecule has 9 heteroatoms. The van der Waals surface area contributed by atoms with Crippen molar-refractivity contribution in [2.24, 2.45) is 5.92 Å². The van der Waals surface area contributed by atoms with E-state index in [1.54, 1.807) is 18.2 Å². The van der Waals surface area contributed by atoms with Gasteiger partial charge in [-0.2, -0.15) is 13.1 Å². The number of benzene rings is 1. The minimum absolute atomic E-state index is 0.0760. The van der Waals surface area contributed by atoms with E-state index in [1.165, 1.54) is 4.31 Å². The third kappa shape index (κ3) is 4.14. The van der Waals surface area contributed by atoms with E-state index in [4.69, 9.17) is 0 Å². The average molecular weight is 411 g/mol. The van der Waals surface area contributed by atoms with E-state index < -0.39 is 10.0 Å². The molecule has 1 aliphatic heterocycles. The highest BCUT2D eigenvalue weighted by Crippen LogP contribution is 2.28.